The molecule has 0 spiro atoms. The molecule has 3 aromatic rings. The van der Waals surface area contributed by atoms with Crippen molar-refractivity contribution in [2.45, 2.75) is 32.4 Å². The van der Waals surface area contributed by atoms with Crippen molar-refractivity contribution >= 4 is 11.8 Å². The number of rotatable bonds is 8. The van der Waals surface area contributed by atoms with Gasteiger partial charge in [-0.2, -0.15) is 0 Å². The van der Waals surface area contributed by atoms with E-state index in [1.807, 2.05) is 24.3 Å². The third kappa shape index (κ3) is 5.20. The summed E-state index contributed by atoms with van der Waals surface area (Å²) < 4.78 is 25.4. The molecule has 3 aromatic carbocycles. The summed E-state index contributed by atoms with van der Waals surface area (Å²) in [6.45, 7) is 2.01. The summed E-state index contributed by atoms with van der Waals surface area (Å²) in [4.78, 5) is 25.2. The predicted molar refractivity (Wildman–Crippen MR) is 128 cm³/mol. The fourth-order valence-electron chi connectivity index (χ4n) is 3.67. The Balaban J connectivity index is 1.56. The molecule has 0 unspecified atom stereocenters. The van der Waals surface area contributed by atoms with Crippen molar-refractivity contribution in [2.24, 2.45) is 0 Å². The maximum atomic E-state index is 14.7. The van der Waals surface area contributed by atoms with Crippen LogP contribution in [0.4, 0.5) is 4.39 Å². The van der Waals surface area contributed by atoms with E-state index in [2.05, 4.69) is 10.6 Å². The maximum absolute atomic E-state index is 14.7. The smallest absolute Gasteiger partial charge is 0.251 e. The first-order valence-electron chi connectivity index (χ1n) is 11.1. The van der Waals surface area contributed by atoms with Crippen LogP contribution in [0.25, 0.3) is 11.1 Å². The first-order valence-corrected chi connectivity index (χ1v) is 11.1. The Bertz CT molecular complexity index is 1220. The lowest BCUT2D eigenvalue weighted by Crippen LogP contribution is -2.25. The molecule has 0 radical (unpaired) electrons. The minimum absolute atomic E-state index is 0.172. The van der Waals surface area contributed by atoms with Crippen LogP contribution in [0, 0.1) is 12.7 Å². The number of hydrogen-bond acceptors (Lipinski definition) is 4. The Morgan fingerprint density at radius 2 is 1.65 bits per heavy atom. The van der Waals surface area contributed by atoms with Crippen molar-refractivity contribution in [3.05, 3.63) is 82.7 Å². The Hall–Kier alpha value is -3.87. The topological polar surface area (TPSA) is 76.7 Å². The second-order valence-electron chi connectivity index (χ2n) is 8.32. The number of methoxy groups -OCH3 is 2. The van der Waals surface area contributed by atoms with Crippen molar-refractivity contribution in [1.82, 2.24) is 10.6 Å². The van der Waals surface area contributed by atoms with Crippen molar-refractivity contribution in [1.29, 1.82) is 0 Å². The van der Waals surface area contributed by atoms with Gasteiger partial charge in [-0.25, -0.2) is 4.39 Å². The van der Waals surface area contributed by atoms with Gasteiger partial charge in [0, 0.05) is 29.3 Å². The highest BCUT2D eigenvalue weighted by Crippen LogP contribution is 2.35. The first kappa shape index (κ1) is 23.3. The maximum Gasteiger partial charge on any atom is 0.251 e. The van der Waals surface area contributed by atoms with E-state index in [1.54, 1.807) is 38.3 Å². The van der Waals surface area contributed by atoms with Crippen LogP contribution in [0.15, 0.2) is 54.6 Å². The van der Waals surface area contributed by atoms with Crippen molar-refractivity contribution in [3.63, 3.8) is 0 Å². The van der Waals surface area contributed by atoms with Crippen LogP contribution in [-0.4, -0.2) is 32.1 Å². The molecule has 0 bridgehead atoms. The Labute approximate surface area is 198 Å². The third-order valence-electron chi connectivity index (χ3n) is 5.89. The molecule has 176 valence electrons. The molecule has 6 nitrogen and oxygen atoms in total. The molecule has 2 N–H and O–H groups in total. The fraction of sp³-hybridized carbons (Fsp3) is 0.259. The molecule has 1 aliphatic carbocycles. The molecule has 1 fully saturated rings. The molecule has 2 amide bonds. The summed E-state index contributed by atoms with van der Waals surface area (Å²) in [5.41, 5.74) is 3.15. The van der Waals surface area contributed by atoms with Gasteiger partial charge in [0.25, 0.3) is 11.8 Å². The number of halogens is 1. The normalized spacial score (nSPS) is 12.7. The van der Waals surface area contributed by atoms with Gasteiger partial charge in [0.05, 0.1) is 14.2 Å². The first-order chi connectivity index (χ1) is 16.4. The van der Waals surface area contributed by atoms with Gasteiger partial charge < -0.3 is 20.1 Å². The SMILES string of the molecule is COc1ccc(CNC(=O)c2ccc(-c3cc(C(=O)NC4CC4)cc(F)c3C)c(OC)c2)cc1. The summed E-state index contributed by atoms with van der Waals surface area (Å²) in [5, 5.41) is 5.77. The zero-order chi connectivity index (χ0) is 24.2. The largest absolute Gasteiger partial charge is 0.497 e. The molecule has 34 heavy (non-hydrogen) atoms. The third-order valence-corrected chi connectivity index (χ3v) is 5.89. The molecule has 0 saturated heterocycles. The Kier molecular flexibility index (Phi) is 6.82. The van der Waals surface area contributed by atoms with Crippen LogP contribution in [0.5, 0.6) is 11.5 Å². The quantitative estimate of drug-likeness (QED) is 0.511. The highest BCUT2D eigenvalue weighted by atomic mass is 19.1. The molecular weight excluding hydrogens is 435 g/mol. The molecule has 0 aliphatic heterocycles. The van der Waals surface area contributed by atoms with Gasteiger partial charge in [-0.15, -0.1) is 0 Å². The van der Waals surface area contributed by atoms with Crippen molar-refractivity contribution < 1.29 is 23.5 Å². The van der Waals surface area contributed by atoms with E-state index in [9.17, 15) is 14.0 Å². The van der Waals surface area contributed by atoms with Gasteiger partial charge in [0.1, 0.15) is 17.3 Å². The van der Waals surface area contributed by atoms with Crippen LogP contribution in [0.2, 0.25) is 0 Å². The zero-order valence-corrected chi connectivity index (χ0v) is 19.4. The second-order valence-corrected chi connectivity index (χ2v) is 8.32. The van der Waals surface area contributed by atoms with Crippen LogP contribution in [0.3, 0.4) is 0 Å². The van der Waals surface area contributed by atoms with Crippen molar-refractivity contribution in [3.8, 4) is 22.6 Å². The molecule has 4 rings (SSSR count). The van der Waals surface area contributed by atoms with Crippen LogP contribution >= 0.6 is 0 Å². The van der Waals surface area contributed by atoms with E-state index in [0.29, 0.717) is 34.5 Å². The average Bonchev–Trinajstić information content (AvgIpc) is 3.68. The minimum Gasteiger partial charge on any atom is -0.497 e. The number of carbonyl (C=O) groups excluding carboxylic acids is 2. The Morgan fingerprint density at radius 3 is 2.29 bits per heavy atom. The van der Waals surface area contributed by atoms with Crippen molar-refractivity contribution in [2.75, 3.05) is 14.2 Å². The number of carbonyl (C=O) groups is 2. The van der Waals surface area contributed by atoms with E-state index < -0.39 is 5.82 Å². The summed E-state index contributed by atoms with van der Waals surface area (Å²) in [6.07, 6.45) is 1.89. The molecule has 7 heteroatoms. The van der Waals surface area contributed by atoms with Gasteiger partial charge in [-0.3, -0.25) is 9.59 Å². The summed E-state index contributed by atoms with van der Waals surface area (Å²) in [5.74, 6) is 0.134. The zero-order valence-electron chi connectivity index (χ0n) is 19.4. The number of ether oxygens (including phenoxy) is 2. The van der Waals surface area contributed by atoms with Gasteiger partial charge in [-0.1, -0.05) is 12.1 Å². The lowest BCUT2D eigenvalue weighted by molar-refractivity contribution is 0.0942. The van der Waals surface area contributed by atoms with Gasteiger partial charge in [-0.05, 0) is 78.9 Å². The van der Waals surface area contributed by atoms with Crippen LogP contribution in [-0.2, 0) is 6.54 Å². The minimum atomic E-state index is -0.471. The van der Waals surface area contributed by atoms with Crippen LogP contribution < -0.4 is 20.1 Å². The molecule has 0 heterocycles. The fourth-order valence-corrected chi connectivity index (χ4v) is 3.67. The number of hydrogen-bond donors (Lipinski definition) is 2. The lowest BCUT2D eigenvalue weighted by atomic mass is 9.95. The second kappa shape index (κ2) is 9.95. The van der Waals surface area contributed by atoms with Gasteiger partial charge >= 0.3 is 0 Å². The lowest BCUT2D eigenvalue weighted by Gasteiger charge is -2.15. The Morgan fingerprint density at radius 1 is 0.912 bits per heavy atom. The van der Waals surface area contributed by atoms with E-state index in [-0.39, 0.29) is 23.4 Å². The molecular formula is C27H27FN2O4. The average molecular weight is 463 g/mol. The summed E-state index contributed by atoms with van der Waals surface area (Å²) in [6, 6.07) is 15.5. The number of amides is 2. The summed E-state index contributed by atoms with van der Waals surface area (Å²) >= 11 is 0. The standard InChI is InChI=1S/C27H27FN2O4/c1-16-23(12-19(13-24(16)28)27(32)30-20-7-8-20)22-11-6-18(14-25(22)34-3)26(31)29-15-17-4-9-21(33-2)10-5-17/h4-6,9-14,20H,7-8,15H2,1-3H3,(H,29,31)(H,30,32). The van der Waals surface area contributed by atoms with E-state index in [4.69, 9.17) is 9.47 Å². The molecule has 0 aromatic heterocycles. The van der Waals surface area contributed by atoms with E-state index >= 15 is 0 Å². The monoisotopic (exact) mass is 462 g/mol. The van der Waals surface area contributed by atoms with Gasteiger partial charge in [0.15, 0.2) is 0 Å². The molecule has 0 atom stereocenters. The van der Waals surface area contributed by atoms with E-state index in [1.165, 1.54) is 13.2 Å². The molecule has 1 aliphatic rings. The summed E-state index contributed by atoms with van der Waals surface area (Å²) in [7, 11) is 3.09. The highest BCUT2D eigenvalue weighted by molar-refractivity contribution is 5.98. The van der Waals surface area contributed by atoms with Crippen LogP contribution in [0.1, 0.15) is 44.7 Å². The highest BCUT2D eigenvalue weighted by Gasteiger charge is 2.25. The van der Waals surface area contributed by atoms with Gasteiger partial charge in [0.2, 0.25) is 0 Å². The molecule has 1 saturated carbocycles. The predicted octanol–water partition coefficient (Wildman–Crippen LogP) is 4.64. The van der Waals surface area contributed by atoms with E-state index in [0.717, 1.165) is 24.2 Å². The number of benzene rings is 3. The number of nitrogens with one attached hydrogen (secondary N) is 2.